The summed E-state index contributed by atoms with van der Waals surface area (Å²) in [6, 6.07) is 21.7. The Labute approximate surface area is 270 Å². The summed E-state index contributed by atoms with van der Waals surface area (Å²) in [5.74, 6) is 0.730. The molecule has 0 fully saturated rings. The van der Waals surface area contributed by atoms with E-state index in [1.807, 2.05) is 66.2 Å². The van der Waals surface area contributed by atoms with Gasteiger partial charge in [-0.05, 0) is 72.2 Å². The number of thiophene rings is 1. The van der Waals surface area contributed by atoms with Crippen LogP contribution in [0.1, 0.15) is 34.5 Å². The smallest absolute Gasteiger partial charge is 0.294 e. The number of amides is 1. The maximum absolute atomic E-state index is 13.2. The van der Waals surface area contributed by atoms with E-state index in [9.17, 15) is 13.2 Å². The number of nitrogens with two attached hydrogens (primary N) is 1. The number of aryl methyl sites for hydroxylation is 2. The van der Waals surface area contributed by atoms with Crippen LogP contribution in [0.4, 0.5) is 11.5 Å². The molecular formula is C35H32N4O5S2. The van der Waals surface area contributed by atoms with Gasteiger partial charge in [-0.2, -0.15) is 8.42 Å². The summed E-state index contributed by atoms with van der Waals surface area (Å²) in [6.07, 6.45) is 8.36. The predicted molar refractivity (Wildman–Crippen MR) is 185 cm³/mol. The van der Waals surface area contributed by atoms with Crippen molar-refractivity contribution in [3.8, 4) is 16.9 Å². The van der Waals surface area contributed by atoms with Crippen LogP contribution in [0.5, 0.6) is 5.75 Å². The van der Waals surface area contributed by atoms with Gasteiger partial charge in [0.2, 0.25) is 0 Å². The highest BCUT2D eigenvalue weighted by Gasteiger charge is 2.18. The van der Waals surface area contributed by atoms with E-state index < -0.39 is 10.1 Å². The van der Waals surface area contributed by atoms with E-state index in [4.69, 9.17) is 15.0 Å². The molecular weight excluding hydrogens is 621 g/mol. The van der Waals surface area contributed by atoms with Crippen molar-refractivity contribution in [2.24, 2.45) is 7.05 Å². The second kappa shape index (κ2) is 12.8. The van der Waals surface area contributed by atoms with E-state index in [0.717, 1.165) is 62.5 Å². The van der Waals surface area contributed by atoms with Crippen LogP contribution < -0.4 is 15.8 Å². The van der Waals surface area contributed by atoms with Gasteiger partial charge in [-0.25, -0.2) is 4.98 Å². The van der Waals surface area contributed by atoms with Gasteiger partial charge in [0.05, 0.1) is 17.7 Å². The zero-order valence-corrected chi connectivity index (χ0v) is 26.9. The first-order valence-corrected chi connectivity index (χ1v) is 16.9. The van der Waals surface area contributed by atoms with Crippen molar-refractivity contribution >= 4 is 65.9 Å². The lowest BCUT2D eigenvalue weighted by atomic mass is 10.0. The molecule has 0 bridgehead atoms. The SMILES string of the molecule is COc1cc(-c2csc3c(C=CCCCc4ccc(S(=O)(=O)O)cc4)cnc(N)c23)ccc1NC(=O)c1cc2ccccc2n1C. The third-order valence-corrected chi connectivity index (χ3v) is 9.85. The number of ether oxygens (including phenoxy) is 1. The minimum absolute atomic E-state index is 0.107. The van der Waals surface area contributed by atoms with Gasteiger partial charge < -0.3 is 20.4 Å². The normalized spacial score (nSPS) is 11.9. The van der Waals surface area contributed by atoms with Gasteiger partial charge in [0, 0.05) is 45.4 Å². The number of rotatable bonds is 10. The summed E-state index contributed by atoms with van der Waals surface area (Å²) in [5.41, 5.74) is 12.3. The Balaban J connectivity index is 1.18. The Hall–Kier alpha value is -4.97. The van der Waals surface area contributed by atoms with Gasteiger partial charge in [0.25, 0.3) is 16.0 Å². The van der Waals surface area contributed by atoms with Crippen molar-refractivity contribution in [1.29, 1.82) is 0 Å². The van der Waals surface area contributed by atoms with Crippen LogP contribution in [-0.4, -0.2) is 35.5 Å². The lowest BCUT2D eigenvalue weighted by Crippen LogP contribution is -2.16. The Morgan fingerprint density at radius 2 is 1.89 bits per heavy atom. The van der Waals surface area contributed by atoms with Crippen LogP contribution in [0, 0.1) is 0 Å². The standard InChI is InChI=1S/C35H32N4O5S2/c1-39-29-11-7-6-9-24(29)18-30(39)35(40)38-28-17-14-23(19-31(28)44-2)27-21-45-33-25(20-37-34(36)32(27)33)10-5-3-4-8-22-12-15-26(16-13-22)46(41,42)43/h5-7,9-21H,3-4,8H2,1-2H3,(H2,36,37)(H,38,40)(H,41,42,43). The molecule has 0 aliphatic rings. The van der Waals surface area contributed by atoms with Gasteiger partial charge in [0.1, 0.15) is 17.3 Å². The molecule has 3 heterocycles. The van der Waals surface area contributed by atoms with E-state index in [1.54, 1.807) is 36.8 Å². The van der Waals surface area contributed by atoms with Gasteiger partial charge in [-0.3, -0.25) is 9.35 Å². The molecule has 0 saturated carbocycles. The molecule has 9 nitrogen and oxygen atoms in total. The number of pyridine rings is 1. The second-order valence-electron chi connectivity index (χ2n) is 10.9. The van der Waals surface area contributed by atoms with E-state index in [-0.39, 0.29) is 10.8 Å². The molecule has 0 spiro atoms. The van der Waals surface area contributed by atoms with Crippen LogP contribution in [0.3, 0.4) is 0 Å². The fraction of sp³-hybridized carbons (Fsp3) is 0.143. The van der Waals surface area contributed by atoms with Crippen LogP contribution in [-0.2, 0) is 23.6 Å². The Bertz CT molecular complexity index is 2220. The number of fused-ring (bicyclic) bond motifs is 2. The molecule has 0 aliphatic carbocycles. The molecule has 234 valence electrons. The Kier molecular flexibility index (Phi) is 8.63. The third kappa shape index (κ3) is 6.25. The summed E-state index contributed by atoms with van der Waals surface area (Å²) in [4.78, 5) is 17.6. The molecule has 0 radical (unpaired) electrons. The number of unbranched alkanes of at least 4 members (excludes halogenated alkanes) is 1. The molecule has 0 aliphatic heterocycles. The number of nitrogen functional groups attached to an aromatic ring is 1. The van der Waals surface area contributed by atoms with Crippen molar-refractivity contribution in [2.75, 3.05) is 18.2 Å². The molecule has 6 aromatic rings. The van der Waals surface area contributed by atoms with Crippen molar-refractivity contribution in [3.63, 3.8) is 0 Å². The number of nitrogens with one attached hydrogen (secondary N) is 1. The first kappa shape index (κ1) is 31.0. The van der Waals surface area contributed by atoms with Crippen molar-refractivity contribution in [3.05, 3.63) is 107 Å². The quantitative estimate of drug-likeness (QED) is 0.102. The molecule has 1 amide bonds. The monoisotopic (exact) mass is 652 g/mol. The predicted octanol–water partition coefficient (Wildman–Crippen LogP) is 7.58. The number of hydrogen-bond donors (Lipinski definition) is 3. The first-order valence-electron chi connectivity index (χ1n) is 14.6. The molecule has 0 unspecified atom stereocenters. The van der Waals surface area contributed by atoms with Crippen molar-refractivity contribution < 1.29 is 22.5 Å². The van der Waals surface area contributed by atoms with E-state index >= 15 is 0 Å². The molecule has 4 N–H and O–H groups in total. The summed E-state index contributed by atoms with van der Waals surface area (Å²) >= 11 is 1.59. The number of hydrogen-bond acceptors (Lipinski definition) is 7. The summed E-state index contributed by atoms with van der Waals surface area (Å²) < 4.78 is 40.2. The number of anilines is 2. The maximum atomic E-state index is 13.2. The lowest BCUT2D eigenvalue weighted by molar-refractivity contribution is 0.101. The number of allylic oxidation sites excluding steroid dienone is 1. The van der Waals surface area contributed by atoms with E-state index in [2.05, 4.69) is 21.8 Å². The molecule has 3 aromatic carbocycles. The van der Waals surface area contributed by atoms with Gasteiger partial charge in [-0.15, -0.1) is 11.3 Å². The number of benzene rings is 3. The lowest BCUT2D eigenvalue weighted by Gasteiger charge is -2.13. The van der Waals surface area contributed by atoms with Crippen LogP contribution in [0.15, 0.2) is 95.3 Å². The average molecular weight is 653 g/mol. The van der Waals surface area contributed by atoms with E-state index in [0.29, 0.717) is 22.9 Å². The fourth-order valence-electron chi connectivity index (χ4n) is 5.54. The first-order chi connectivity index (χ1) is 22.1. The van der Waals surface area contributed by atoms with Crippen molar-refractivity contribution in [1.82, 2.24) is 9.55 Å². The van der Waals surface area contributed by atoms with Gasteiger partial charge in [-0.1, -0.05) is 48.6 Å². The average Bonchev–Trinajstić information content (AvgIpc) is 3.65. The summed E-state index contributed by atoms with van der Waals surface area (Å²) in [7, 11) is -0.741. The zero-order valence-electron chi connectivity index (χ0n) is 25.2. The number of nitrogens with zero attached hydrogens (tertiary/aromatic N) is 2. The van der Waals surface area contributed by atoms with E-state index in [1.165, 1.54) is 12.1 Å². The number of carbonyl (C=O) groups excluding carboxylic acids is 1. The largest absolute Gasteiger partial charge is 0.495 e. The van der Waals surface area contributed by atoms with Crippen LogP contribution in [0.25, 0.3) is 38.2 Å². The molecule has 6 rings (SSSR count). The number of para-hydroxylation sites is 1. The number of methoxy groups -OCH3 is 1. The topological polar surface area (TPSA) is 137 Å². The number of carbonyl (C=O) groups is 1. The van der Waals surface area contributed by atoms with Crippen molar-refractivity contribution in [2.45, 2.75) is 24.2 Å². The molecule has 0 atom stereocenters. The molecule has 3 aromatic heterocycles. The second-order valence-corrected chi connectivity index (χ2v) is 13.2. The minimum atomic E-state index is -4.19. The molecule has 46 heavy (non-hydrogen) atoms. The highest BCUT2D eigenvalue weighted by atomic mass is 32.2. The Morgan fingerprint density at radius 1 is 1.11 bits per heavy atom. The van der Waals surface area contributed by atoms with Crippen LogP contribution >= 0.6 is 11.3 Å². The van der Waals surface area contributed by atoms with Gasteiger partial charge >= 0.3 is 0 Å². The van der Waals surface area contributed by atoms with Crippen LogP contribution in [0.2, 0.25) is 0 Å². The summed E-state index contributed by atoms with van der Waals surface area (Å²) in [5, 5.41) is 6.91. The molecule has 11 heteroatoms. The maximum Gasteiger partial charge on any atom is 0.294 e. The highest BCUT2D eigenvalue weighted by molar-refractivity contribution is 7.85. The fourth-order valence-corrected chi connectivity index (χ4v) is 7.09. The third-order valence-electron chi connectivity index (χ3n) is 7.95. The van der Waals surface area contributed by atoms with Gasteiger partial charge in [0.15, 0.2) is 0 Å². The highest BCUT2D eigenvalue weighted by Crippen LogP contribution is 2.41. The zero-order chi connectivity index (χ0) is 32.4. The minimum Gasteiger partial charge on any atom is -0.495 e. The molecule has 0 saturated heterocycles. The number of aromatic nitrogens is 2. The summed E-state index contributed by atoms with van der Waals surface area (Å²) in [6.45, 7) is 0. The Morgan fingerprint density at radius 3 is 2.63 bits per heavy atom.